The molecule has 3 heterocycles. The Labute approximate surface area is 107 Å². The van der Waals surface area contributed by atoms with Crippen molar-refractivity contribution in [2.24, 2.45) is 0 Å². The van der Waals surface area contributed by atoms with Gasteiger partial charge in [0.2, 0.25) is 11.9 Å². The molecule has 2 aliphatic rings. The molecule has 1 atom stereocenters. The highest BCUT2D eigenvalue weighted by atomic mass is 32.2. The average molecular weight is 262 g/mol. The molecule has 0 saturated heterocycles. The Morgan fingerprint density at radius 3 is 3.11 bits per heavy atom. The summed E-state index contributed by atoms with van der Waals surface area (Å²) in [6.45, 7) is 2.22. The monoisotopic (exact) mass is 262 g/mol. The van der Waals surface area contributed by atoms with E-state index >= 15 is 0 Å². The van der Waals surface area contributed by atoms with Gasteiger partial charge in [-0.15, -0.1) is 10.2 Å². The van der Waals surface area contributed by atoms with E-state index in [9.17, 15) is 0 Å². The number of aryl methyl sites for hydroxylation is 1. The quantitative estimate of drug-likeness (QED) is 0.843. The number of nitrogens with one attached hydrogen (secondary N) is 1. The van der Waals surface area contributed by atoms with Crippen molar-refractivity contribution in [3.8, 4) is 11.5 Å². The molecule has 2 aromatic rings. The summed E-state index contributed by atoms with van der Waals surface area (Å²) in [7, 11) is 0. The van der Waals surface area contributed by atoms with Gasteiger partial charge in [0.05, 0.1) is 0 Å². The van der Waals surface area contributed by atoms with Crippen LogP contribution in [0, 0.1) is 6.92 Å². The molecule has 7 heteroatoms. The van der Waals surface area contributed by atoms with Crippen molar-refractivity contribution in [2.75, 3.05) is 12.2 Å². The van der Waals surface area contributed by atoms with Gasteiger partial charge in [0, 0.05) is 0 Å². The predicted molar refractivity (Wildman–Crippen MR) is 65.3 cm³/mol. The number of ether oxygens (including phenoxy) is 2. The highest BCUT2D eigenvalue weighted by molar-refractivity contribution is 7.99. The van der Waals surface area contributed by atoms with Crippen LogP contribution >= 0.6 is 11.8 Å². The molecular formula is C11H10N4O2S. The van der Waals surface area contributed by atoms with Crippen LogP contribution in [0.5, 0.6) is 11.5 Å². The Hall–Kier alpha value is -1.89. The third-order valence-corrected chi connectivity index (χ3v) is 4.05. The Morgan fingerprint density at radius 1 is 1.33 bits per heavy atom. The predicted octanol–water partition coefficient (Wildman–Crippen LogP) is 1.66. The number of rotatable bonds is 1. The molecule has 0 aliphatic carbocycles. The van der Waals surface area contributed by atoms with E-state index in [2.05, 4.69) is 15.6 Å². The summed E-state index contributed by atoms with van der Waals surface area (Å²) < 4.78 is 12.6. The first kappa shape index (κ1) is 10.1. The lowest BCUT2D eigenvalue weighted by Crippen LogP contribution is -2.13. The van der Waals surface area contributed by atoms with Crippen molar-refractivity contribution in [3.05, 3.63) is 29.6 Å². The first-order chi connectivity index (χ1) is 8.81. The molecule has 0 fully saturated rings. The molecular weight excluding hydrogens is 252 g/mol. The number of fused-ring (bicyclic) bond motifs is 2. The molecule has 6 nitrogen and oxygen atoms in total. The Balaban J connectivity index is 1.66. The fourth-order valence-corrected chi connectivity index (χ4v) is 3.07. The Bertz CT molecular complexity index is 628. The van der Waals surface area contributed by atoms with Crippen molar-refractivity contribution < 1.29 is 9.47 Å². The topological polar surface area (TPSA) is 61.2 Å². The second kappa shape index (κ2) is 3.55. The molecule has 0 radical (unpaired) electrons. The minimum absolute atomic E-state index is 0.128. The highest BCUT2D eigenvalue weighted by Crippen LogP contribution is 2.42. The van der Waals surface area contributed by atoms with Gasteiger partial charge in [-0.25, -0.2) is 4.68 Å². The summed E-state index contributed by atoms with van der Waals surface area (Å²) in [4.78, 5) is 0. The molecule has 18 heavy (non-hydrogen) atoms. The minimum atomic E-state index is 0.128. The van der Waals surface area contributed by atoms with Crippen LogP contribution in [0.25, 0.3) is 0 Å². The normalized spacial score (nSPS) is 19.7. The maximum absolute atomic E-state index is 5.39. The summed E-state index contributed by atoms with van der Waals surface area (Å²) in [6.07, 6.45) is 0. The second-order valence-corrected chi connectivity index (χ2v) is 5.18. The average Bonchev–Trinajstić information content (AvgIpc) is 3.05. The summed E-state index contributed by atoms with van der Waals surface area (Å²) in [5.41, 5.74) is 4.48. The van der Waals surface area contributed by atoms with Crippen LogP contribution in [0.15, 0.2) is 23.4 Å². The fraction of sp³-hybridized carbons (Fsp3) is 0.273. The summed E-state index contributed by atoms with van der Waals surface area (Å²) in [6, 6.07) is 5.97. The third kappa shape index (κ3) is 1.37. The van der Waals surface area contributed by atoms with Crippen LogP contribution in [0.2, 0.25) is 0 Å². The van der Waals surface area contributed by atoms with Crippen molar-refractivity contribution in [1.82, 2.24) is 14.9 Å². The lowest BCUT2D eigenvalue weighted by Gasteiger charge is -2.11. The zero-order chi connectivity index (χ0) is 12.1. The van der Waals surface area contributed by atoms with E-state index in [1.807, 2.05) is 29.8 Å². The van der Waals surface area contributed by atoms with Gasteiger partial charge in [0.15, 0.2) is 11.5 Å². The van der Waals surface area contributed by atoms with Crippen molar-refractivity contribution >= 4 is 11.8 Å². The van der Waals surface area contributed by atoms with Crippen LogP contribution in [0.4, 0.5) is 0 Å². The molecule has 0 saturated carbocycles. The Kier molecular flexibility index (Phi) is 1.99. The second-order valence-electron chi connectivity index (χ2n) is 4.10. The first-order valence-electron chi connectivity index (χ1n) is 5.56. The van der Waals surface area contributed by atoms with Gasteiger partial charge in [-0.05, 0) is 24.6 Å². The zero-order valence-electron chi connectivity index (χ0n) is 9.58. The lowest BCUT2D eigenvalue weighted by molar-refractivity contribution is 0.174. The van der Waals surface area contributed by atoms with Crippen LogP contribution in [-0.4, -0.2) is 21.7 Å². The first-order valence-corrected chi connectivity index (χ1v) is 6.44. The van der Waals surface area contributed by atoms with Crippen molar-refractivity contribution in [3.63, 3.8) is 0 Å². The largest absolute Gasteiger partial charge is 0.454 e. The number of thioether (sulfide) groups is 1. The SMILES string of the molecule is Cc1nnc2n1NC(c1ccc3c(c1)OCO3)S2. The van der Waals surface area contributed by atoms with Gasteiger partial charge in [0.25, 0.3) is 0 Å². The summed E-state index contributed by atoms with van der Waals surface area (Å²) in [5, 5.41) is 9.12. The van der Waals surface area contributed by atoms with Crippen LogP contribution in [0.1, 0.15) is 16.8 Å². The Morgan fingerprint density at radius 2 is 2.22 bits per heavy atom. The van der Waals surface area contributed by atoms with Gasteiger partial charge in [-0.3, -0.25) is 0 Å². The molecule has 1 aromatic heterocycles. The van der Waals surface area contributed by atoms with Crippen molar-refractivity contribution in [2.45, 2.75) is 17.5 Å². The number of nitrogens with zero attached hydrogens (tertiary/aromatic N) is 3. The van der Waals surface area contributed by atoms with Crippen LogP contribution in [0.3, 0.4) is 0 Å². The van der Waals surface area contributed by atoms with E-state index in [0.717, 1.165) is 28.0 Å². The van der Waals surface area contributed by atoms with Crippen LogP contribution in [-0.2, 0) is 0 Å². The number of hydrogen-bond donors (Lipinski definition) is 1. The van der Waals surface area contributed by atoms with E-state index < -0.39 is 0 Å². The molecule has 1 N–H and O–H groups in total. The molecule has 1 unspecified atom stereocenters. The fourth-order valence-electron chi connectivity index (χ4n) is 2.04. The van der Waals surface area contributed by atoms with E-state index in [0.29, 0.717) is 6.79 Å². The molecule has 0 amide bonds. The number of aromatic nitrogens is 3. The van der Waals surface area contributed by atoms with Crippen LogP contribution < -0.4 is 14.9 Å². The van der Waals surface area contributed by atoms with Gasteiger partial charge >= 0.3 is 0 Å². The van der Waals surface area contributed by atoms with Crippen molar-refractivity contribution in [1.29, 1.82) is 0 Å². The molecule has 0 spiro atoms. The summed E-state index contributed by atoms with van der Waals surface area (Å²) >= 11 is 1.64. The van der Waals surface area contributed by atoms with Gasteiger partial charge in [-0.2, -0.15) is 0 Å². The maximum Gasteiger partial charge on any atom is 0.231 e. The standard InChI is InChI=1S/C11H10N4O2S/c1-6-12-13-11-15(6)14-10(18-11)7-2-3-8-9(4-7)17-5-16-8/h2-4,10,14H,5H2,1H3. The maximum atomic E-state index is 5.39. The molecule has 4 rings (SSSR count). The number of hydrogen-bond acceptors (Lipinski definition) is 6. The molecule has 0 bridgehead atoms. The number of benzene rings is 1. The van der Waals surface area contributed by atoms with E-state index in [1.165, 1.54) is 0 Å². The minimum Gasteiger partial charge on any atom is -0.454 e. The summed E-state index contributed by atoms with van der Waals surface area (Å²) in [5.74, 6) is 2.47. The molecule has 2 aliphatic heterocycles. The van der Waals surface area contributed by atoms with Gasteiger partial charge < -0.3 is 14.9 Å². The molecule has 1 aromatic carbocycles. The smallest absolute Gasteiger partial charge is 0.231 e. The van der Waals surface area contributed by atoms with Gasteiger partial charge in [-0.1, -0.05) is 17.8 Å². The van der Waals surface area contributed by atoms with E-state index in [-0.39, 0.29) is 5.37 Å². The third-order valence-electron chi connectivity index (χ3n) is 2.96. The van der Waals surface area contributed by atoms with E-state index in [4.69, 9.17) is 9.47 Å². The zero-order valence-corrected chi connectivity index (χ0v) is 10.4. The molecule has 92 valence electrons. The highest BCUT2D eigenvalue weighted by Gasteiger charge is 2.27. The lowest BCUT2D eigenvalue weighted by atomic mass is 10.2. The van der Waals surface area contributed by atoms with Gasteiger partial charge in [0.1, 0.15) is 11.2 Å². The van der Waals surface area contributed by atoms with E-state index in [1.54, 1.807) is 11.8 Å².